The van der Waals surface area contributed by atoms with Crippen LogP contribution in [-0.2, 0) is 0 Å². The Balaban J connectivity index is 1.49. The van der Waals surface area contributed by atoms with Gasteiger partial charge in [0, 0.05) is 0 Å². The zero-order valence-corrected chi connectivity index (χ0v) is 17.0. The van der Waals surface area contributed by atoms with Crippen LogP contribution in [0, 0.1) is 23.7 Å². The van der Waals surface area contributed by atoms with E-state index in [1.54, 1.807) is 64.2 Å². The van der Waals surface area contributed by atoms with E-state index in [4.69, 9.17) is 0 Å². The van der Waals surface area contributed by atoms with Crippen LogP contribution in [0.1, 0.15) is 129 Å². The highest BCUT2D eigenvalue weighted by molar-refractivity contribution is 4.77. The zero-order valence-electron chi connectivity index (χ0n) is 17.0. The van der Waals surface area contributed by atoms with Crippen LogP contribution in [0.4, 0.5) is 0 Å². The quantitative estimate of drug-likeness (QED) is 0.332. The first kappa shape index (κ1) is 20.3. The van der Waals surface area contributed by atoms with Crippen molar-refractivity contribution in [3.05, 3.63) is 0 Å². The third-order valence-corrected chi connectivity index (χ3v) is 7.35. The molecule has 24 heavy (non-hydrogen) atoms. The summed E-state index contributed by atoms with van der Waals surface area (Å²) in [6.45, 7) is 4.66. The highest BCUT2D eigenvalue weighted by atomic mass is 14.3. The van der Waals surface area contributed by atoms with Gasteiger partial charge in [0.15, 0.2) is 0 Å². The van der Waals surface area contributed by atoms with Crippen molar-refractivity contribution in [3.63, 3.8) is 0 Å². The first-order valence-corrected chi connectivity index (χ1v) is 11.8. The minimum absolute atomic E-state index is 1.09. The first-order chi connectivity index (χ1) is 11.8. The fourth-order valence-corrected chi connectivity index (χ4v) is 5.46. The van der Waals surface area contributed by atoms with E-state index >= 15 is 0 Å². The fraction of sp³-hybridized carbons (Fsp3) is 1.00. The maximum absolute atomic E-state index is 2.33. The molecule has 0 saturated heterocycles. The molecule has 0 heterocycles. The Kier molecular flexibility index (Phi) is 10.5. The molecule has 2 saturated carbocycles. The van der Waals surface area contributed by atoms with Crippen LogP contribution in [0.3, 0.4) is 0 Å². The summed E-state index contributed by atoms with van der Waals surface area (Å²) in [4.78, 5) is 0. The van der Waals surface area contributed by atoms with Gasteiger partial charge >= 0.3 is 0 Å². The summed E-state index contributed by atoms with van der Waals surface area (Å²) in [7, 11) is 0. The van der Waals surface area contributed by atoms with Crippen LogP contribution >= 0.6 is 0 Å². The summed E-state index contributed by atoms with van der Waals surface area (Å²) in [6.07, 6.45) is 27.3. The van der Waals surface area contributed by atoms with Crippen molar-refractivity contribution < 1.29 is 0 Å². The van der Waals surface area contributed by atoms with Gasteiger partial charge in [0.2, 0.25) is 0 Å². The number of hydrogen-bond acceptors (Lipinski definition) is 0. The van der Waals surface area contributed by atoms with Crippen LogP contribution < -0.4 is 0 Å². The topological polar surface area (TPSA) is 0 Å². The molecule has 0 N–H and O–H groups in total. The van der Waals surface area contributed by atoms with Gasteiger partial charge < -0.3 is 0 Å². The molecule has 142 valence electrons. The molecule has 2 fully saturated rings. The fourth-order valence-electron chi connectivity index (χ4n) is 5.46. The van der Waals surface area contributed by atoms with Gasteiger partial charge in [-0.15, -0.1) is 0 Å². The van der Waals surface area contributed by atoms with Crippen molar-refractivity contribution in [3.8, 4) is 0 Å². The van der Waals surface area contributed by atoms with E-state index in [0.717, 1.165) is 23.7 Å². The molecule has 0 unspecified atom stereocenters. The van der Waals surface area contributed by atoms with Gasteiger partial charge in [0.1, 0.15) is 0 Å². The lowest BCUT2D eigenvalue weighted by Gasteiger charge is -2.32. The molecule has 0 aromatic rings. The lowest BCUT2D eigenvalue weighted by atomic mass is 9.74. The van der Waals surface area contributed by atoms with Crippen molar-refractivity contribution in [2.45, 2.75) is 129 Å². The van der Waals surface area contributed by atoms with Crippen molar-refractivity contribution in [1.29, 1.82) is 0 Å². The highest BCUT2D eigenvalue weighted by Gasteiger charge is 2.24. The maximum Gasteiger partial charge on any atom is -0.0414 e. The second-order valence-corrected chi connectivity index (χ2v) is 9.34. The van der Waals surface area contributed by atoms with Gasteiger partial charge in [-0.3, -0.25) is 0 Å². The highest BCUT2D eigenvalue weighted by Crippen LogP contribution is 2.38. The molecule has 0 aromatic heterocycles. The van der Waals surface area contributed by atoms with E-state index in [9.17, 15) is 0 Å². The molecule has 0 spiro atoms. The lowest BCUT2D eigenvalue weighted by molar-refractivity contribution is 0.207. The third kappa shape index (κ3) is 7.92. The lowest BCUT2D eigenvalue weighted by Crippen LogP contribution is -2.18. The summed E-state index contributed by atoms with van der Waals surface area (Å²) in [5, 5.41) is 0. The number of unbranched alkanes of at least 4 members (excludes halogenated alkanes) is 4. The minimum Gasteiger partial charge on any atom is -0.0654 e. The van der Waals surface area contributed by atoms with Crippen LogP contribution in [0.5, 0.6) is 0 Å². The maximum atomic E-state index is 2.33. The smallest absolute Gasteiger partial charge is 0.0414 e. The molecule has 0 aliphatic heterocycles. The Morgan fingerprint density at radius 3 is 1.00 bits per heavy atom. The SMILES string of the molecule is CCCCCC1CCC(CCC2CCC(CCCCC)CC2)CC1. The van der Waals surface area contributed by atoms with Crippen molar-refractivity contribution in [2.24, 2.45) is 23.7 Å². The molecule has 0 bridgehead atoms. The summed E-state index contributed by atoms with van der Waals surface area (Å²) >= 11 is 0. The van der Waals surface area contributed by atoms with Crippen LogP contribution in [-0.4, -0.2) is 0 Å². The Labute approximate surface area is 153 Å². The van der Waals surface area contributed by atoms with Gasteiger partial charge in [0.25, 0.3) is 0 Å². The first-order valence-electron chi connectivity index (χ1n) is 11.8. The Morgan fingerprint density at radius 1 is 0.417 bits per heavy atom. The van der Waals surface area contributed by atoms with Crippen molar-refractivity contribution >= 4 is 0 Å². The molecular formula is C24H46. The van der Waals surface area contributed by atoms with Gasteiger partial charge in [0.05, 0.1) is 0 Å². The molecule has 0 aromatic carbocycles. The zero-order chi connectivity index (χ0) is 17.0. The van der Waals surface area contributed by atoms with E-state index < -0.39 is 0 Å². The van der Waals surface area contributed by atoms with E-state index in [0.29, 0.717) is 0 Å². The Morgan fingerprint density at radius 2 is 0.708 bits per heavy atom. The van der Waals surface area contributed by atoms with Crippen molar-refractivity contribution in [1.82, 2.24) is 0 Å². The number of hydrogen-bond donors (Lipinski definition) is 0. The normalized spacial score (nSPS) is 31.2. The molecule has 0 heteroatoms. The monoisotopic (exact) mass is 334 g/mol. The van der Waals surface area contributed by atoms with E-state index in [1.807, 2.05) is 0 Å². The molecule has 0 atom stereocenters. The van der Waals surface area contributed by atoms with Crippen LogP contribution in [0.2, 0.25) is 0 Å². The molecular weight excluding hydrogens is 288 g/mol. The average Bonchev–Trinajstić information content (AvgIpc) is 2.63. The van der Waals surface area contributed by atoms with Crippen LogP contribution in [0.15, 0.2) is 0 Å². The predicted octanol–water partition coefficient (Wildman–Crippen LogP) is 8.54. The molecule has 2 aliphatic rings. The van der Waals surface area contributed by atoms with Crippen molar-refractivity contribution in [2.75, 3.05) is 0 Å². The Hall–Kier alpha value is 0. The third-order valence-electron chi connectivity index (χ3n) is 7.35. The van der Waals surface area contributed by atoms with E-state index in [1.165, 1.54) is 51.4 Å². The summed E-state index contributed by atoms with van der Waals surface area (Å²) in [5.41, 5.74) is 0. The predicted molar refractivity (Wildman–Crippen MR) is 108 cm³/mol. The molecule has 0 radical (unpaired) electrons. The molecule has 0 amide bonds. The second-order valence-electron chi connectivity index (χ2n) is 9.34. The number of rotatable bonds is 11. The average molecular weight is 335 g/mol. The minimum atomic E-state index is 1.09. The van der Waals surface area contributed by atoms with Crippen LogP contribution in [0.25, 0.3) is 0 Å². The van der Waals surface area contributed by atoms with Gasteiger partial charge in [-0.2, -0.15) is 0 Å². The second kappa shape index (κ2) is 12.4. The summed E-state index contributed by atoms with van der Waals surface area (Å²) in [6, 6.07) is 0. The Bertz CT molecular complexity index is 248. The largest absolute Gasteiger partial charge is 0.0654 e. The molecule has 0 nitrogen and oxygen atoms in total. The van der Waals surface area contributed by atoms with E-state index in [-0.39, 0.29) is 0 Å². The molecule has 2 rings (SSSR count). The van der Waals surface area contributed by atoms with Gasteiger partial charge in [-0.1, -0.05) is 129 Å². The summed E-state index contributed by atoms with van der Waals surface area (Å²) < 4.78 is 0. The van der Waals surface area contributed by atoms with E-state index in [2.05, 4.69) is 13.8 Å². The van der Waals surface area contributed by atoms with Gasteiger partial charge in [-0.05, 0) is 23.7 Å². The van der Waals surface area contributed by atoms with Gasteiger partial charge in [-0.25, -0.2) is 0 Å². The standard InChI is InChI=1S/C24H46/c1-3-5-7-9-21-11-15-23(16-12-21)19-20-24-17-13-22(14-18-24)10-8-6-4-2/h21-24H,3-20H2,1-2H3. The molecule has 2 aliphatic carbocycles. The summed E-state index contributed by atoms with van der Waals surface area (Å²) in [5.74, 6) is 4.36.